The Kier molecular flexibility index (Phi) is 9.67. The first-order valence-corrected chi connectivity index (χ1v) is 15.6. The number of carbonyl (C=O) groups excluding carboxylic acids is 5. The molecule has 0 saturated heterocycles. The van der Waals surface area contributed by atoms with Crippen LogP contribution in [-0.2, 0) is 47.7 Å². The van der Waals surface area contributed by atoms with E-state index in [0.29, 0.717) is 12.0 Å². The monoisotopic (exact) mass is 642 g/mol. The summed E-state index contributed by atoms with van der Waals surface area (Å²) in [5, 5.41) is 0. The van der Waals surface area contributed by atoms with Gasteiger partial charge in [0.2, 0.25) is 0 Å². The summed E-state index contributed by atoms with van der Waals surface area (Å²) >= 11 is 0. The maximum atomic E-state index is 13.1. The van der Waals surface area contributed by atoms with Crippen LogP contribution < -0.4 is 0 Å². The third kappa shape index (κ3) is 5.88. The van der Waals surface area contributed by atoms with Gasteiger partial charge in [0.05, 0.1) is 19.6 Å². The highest BCUT2D eigenvalue weighted by molar-refractivity contribution is 5.71. The summed E-state index contributed by atoms with van der Waals surface area (Å²) in [6, 6.07) is 1.86. The zero-order chi connectivity index (χ0) is 34.4. The van der Waals surface area contributed by atoms with Crippen molar-refractivity contribution in [1.82, 2.24) is 0 Å². The number of fused-ring (bicyclic) bond motifs is 1. The Balaban J connectivity index is 2.02. The van der Waals surface area contributed by atoms with Gasteiger partial charge in [-0.1, -0.05) is 40.3 Å². The molecule has 0 spiro atoms. The van der Waals surface area contributed by atoms with E-state index in [2.05, 4.69) is 12.7 Å². The summed E-state index contributed by atoms with van der Waals surface area (Å²) in [5.41, 5.74) is -0.649. The van der Waals surface area contributed by atoms with Crippen LogP contribution in [0.4, 0.5) is 0 Å². The molecular weight excluding hydrogens is 596 g/mol. The molecule has 0 aliphatic heterocycles. The molecular formula is C35H46O11. The van der Waals surface area contributed by atoms with E-state index in [9.17, 15) is 24.0 Å². The van der Waals surface area contributed by atoms with Crippen LogP contribution in [0, 0.1) is 28.1 Å². The SMILES string of the molecule is C=C1C2=CCC(c3ccoc3)C2(C)C(OC(C)=O)C(OC(C)=O)C1C1(C)C(OC(C)=O)CC(OC(C)=O)C(C)(C)C1CC(=O)OC. The highest BCUT2D eigenvalue weighted by atomic mass is 16.6. The largest absolute Gasteiger partial charge is 0.472 e. The highest BCUT2D eigenvalue weighted by Crippen LogP contribution is 2.67. The van der Waals surface area contributed by atoms with Crippen molar-refractivity contribution >= 4 is 29.8 Å². The first-order chi connectivity index (χ1) is 21.4. The lowest BCUT2D eigenvalue weighted by molar-refractivity contribution is -0.233. The molecule has 2 fully saturated rings. The van der Waals surface area contributed by atoms with E-state index in [1.54, 1.807) is 12.5 Å². The summed E-state index contributed by atoms with van der Waals surface area (Å²) < 4.78 is 34.7. The van der Waals surface area contributed by atoms with Crippen LogP contribution in [-0.4, -0.2) is 61.4 Å². The van der Waals surface area contributed by atoms with Crippen LogP contribution >= 0.6 is 0 Å². The fourth-order valence-corrected chi connectivity index (χ4v) is 8.90. The number of hydrogen-bond donors (Lipinski definition) is 0. The van der Waals surface area contributed by atoms with Crippen molar-refractivity contribution < 1.29 is 52.1 Å². The van der Waals surface area contributed by atoms with Crippen molar-refractivity contribution in [2.24, 2.45) is 28.1 Å². The van der Waals surface area contributed by atoms with Gasteiger partial charge in [-0.25, -0.2) is 0 Å². The Bertz CT molecular complexity index is 1420. The molecule has 0 bridgehead atoms. The Morgan fingerprint density at radius 2 is 1.48 bits per heavy atom. The fraction of sp³-hybridized carbons (Fsp3) is 0.629. The van der Waals surface area contributed by atoms with E-state index in [0.717, 1.165) is 11.1 Å². The molecule has 4 rings (SSSR count). The summed E-state index contributed by atoms with van der Waals surface area (Å²) in [6.07, 6.45) is 2.02. The Morgan fingerprint density at radius 3 is 2.00 bits per heavy atom. The number of methoxy groups -OCH3 is 1. The van der Waals surface area contributed by atoms with Gasteiger partial charge in [0, 0.05) is 68.6 Å². The lowest BCUT2D eigenvalue weighted by Gasteiger charge is -2.63. The third-order valence-electron chi connectivity index (χ3n) is 10.8. The molecule has 9 unspecified atom stereocenters. The molecule has 0 radical (unpaired) electrons. The maximum absolute atomic E-state index is 13.1. The number of ether oxygens (including phenoxy) is 5. The topological polar surface area (TPSA) is 145 Å². The van der Waals surface area contributed by atoms with Gasteiger partial charge in [-0.15, -0.1) is 0 Å². The molecule has 9 atom stereocenters. The van der Waals surface area contributed by atoms with Crippen LogP contribution in [0.5, 0.6) is 0 Å². The quantitative estimate of drug-likeness (QED) is 0.272. The van der Waals surface area contributed by atoms with Crippen LogP contribution in [0.2, 0.25) is 0 Å². The van der Waals surface area contributed by atoms with E-state index < -0.39 is 82.3 Å². The number of hydrogen-bond acceptors (Lipinski definition) is 11. The normalized spacial score (nSPS) is 34.8. The van der Waals surface area contributed by atoms with E-state index in [1.165, 1.54) is 34.8 Å². The van der Waals surface area contributed by atoms with Gasteiger partial charge in [-0.05, 0) is 35.1 Å². The van der Waals surface area contributed by atoms with Gasteiger partial charge < -0.3 is 28.1 Å². The molecule has 46 heavy (non-hydrogen) atoms. The summed E-state index contributed by atoms with van der Waals surface area (Å²) in [7, 11) is 1.28. The van der Waals surface area contributed by atoms with Gasteiger partial charge in [0.1, 0.15) is 24.4 Å². The number of allylic oxidation sites excluding steroid dienone is 1. The van der Waals surface area contributed by atoms with Gasteiger partial charge >= 0.3 is 29.8 Å². The molecule has 2 saturated carbocycles. The second-order valence-corrected chi connectivity index (χ2v) is 13.8. The first-order valence-electron chi connectivity index (χ1n) is 15.6. The lowest BCUT2D eigenvalue weighted by atomic mass is 9.44. The molecule has 3 aliphatic carbocycles. The van der Waals surface area contributed by atoms with Crippen molar-refractivity contribution in [2.45, 2.75) is 105 Å². The average molecular weight is 643 g/mol. The van der Waals surface area contributed by atoms with Gasteiger partial charge in [-0.3, -0.25) is 24.0 Å². The predicted octanol–water partition coefficient (Wildman–Crippen LogP) is 5.23. The zero-order valence-corrected chi connectivity index (χ0v) is 28.2. The summed E-state index contributed by atoms with van der Waals surface area (Å²) in [5.74, 6) is -4.52. The lowest BCUT2D eigenvalue weighted by Crippen LogP contribution is -2.67. The molecule has 1 aromatic heterocycles. The fourth-order valence-electron chi connectivity index (χ4n) is 8.90. The van der Waals surface area contributed by atoms with Crippen molar-refractivity contribution in [1.29, 1.82) is 0 Å². The minimum Gasteiger partial charge on any atom is -0.472 e. The Hall–Kier alpha value is -3.89. The highest BCUT2D eigenvalue weighted by Gasteiger charge is 2.69. The van der Waals surface area contributed by atoms with E-state index in [4.69, 9.17) is 28.1 Å². The molecule has 3 aliphatic rings. The van der Waals surface area contributed by atoms with E-state index in [1.807, 2.05) is 33.8 Å². The van der Waals surface area contributed by atoms with E-state index in [-0.39, 0.29) is 18.8 Å². The van der Waals surface area contributed by atoms with Gasteiger partial charge in [0.15, 0.2) is 0 Å². The van der Waals surface area contributed by atoms with Crippen LogP contribution in [0.1, 0.15) is 86.1 Å². The zero-order valence-electron chi connectivity index (χ0n) is 28.2. The standard InChI is InChI=1S/C35H46O11/c1-18-24-11-12-25(23-13-14-42-17-23)34(24,8)32(46-22(5)39)31(45-21(4)38)30(18)35(9)26(15-29(40)41-10)33(6,7)27(43-19(2)36)16-28(35)44-20(3)37/h11,13-14,17,25-28,30-32H,1,12,15-16H2,2-10H3. The smallest absolute Gasteiger partial charge is 0.305 e. The Morgan fingerprint density at radius 1 is 0.891 bits per heavy atom. The second-order valence-electron chi connectivity index (χ2n) is 13.8. The van der Waals surface area contributed by atoms with E-state index >= 15 is 0 Å². The summed E-state index contributed by atoms with van der Waals surface area (Å²) in [4.78, 5) is 63.8. The van der Waals surface area contributed by atoms with Gasteiger partial charge in [-0.2, -0.15) is 0 Å². The average Bonchev–Trinajstić information content (AvgIpc) is 3.59. The van der Waals surface area contributed by atoms with Gasteiger partial charge in [0.25, 0.3) is 0 Å². The summed E-state index contributed by atoms with van der Waals surface area (Å²) in [6.45, 7) is 17.4. The molecule has 1 aromatic rings. The number of furan rings is 1. The van der Waals surface area contributed by atoms with Crippen molar-refractivity contribution in [3.05, 3.63) is 48.0 Å². The van der Waals surface area contributed by atoms with Crippen molar-refractivity contribution in [3.8, 4) is 0 Å². The molecule has 11 nitrogen and oxygen atoms in total. The molecule has 0 N–H and O–H groups in total. The minimum absolute atomic E-state index is 0.100. The van der Waals surface area contributed by atoms with Crippen LogP contribution in [0.15, 0.2) is 46.8 Å². The van der Waals surface area contributed by atoms with Crippen molar-refractivity contribution in [3.63, 3.8) is 0 Å². The first kappa shape index (κ1) is 35.0. The predicted molar refractivity (Wildman–Crippen MR) is 164 cm³/mol. The third-order valence-corrected chi connectivity index (χ3v) is 10.8. The maximum Gasteiger partial charge on any atom is 0.305 e. The van der Waals surface area contributed by atoms with Crippen LogP contribution in [0.25, 0.3) is 0 Å². The molecule has 1 heterocycles. The number of carbonyl (C=O) groups is 5. The number of esters is 5. The number of rotatable bonds is 8. The van der Waals surface area contributed by atoms with Crippen molar-refractivity contribution in [2.75, 3.05) is 7.11 Å². The van der Waals surface area contributed by atoms with Crippen LogP contribution in [0.3, 0.4) is 0 Å². The molecule has 0 aromatic carbocycles. The molecule has 252 valence electrons. The Labute approximate surface area is 270 Å². The second kappa shape index (κ2) is 12.7. The minimum atomic E-state index is -1.19. The molecule has 11 heteroatoms. The molecule has 0 amide bonds.